The van der Waals surface area contributed by atoms with E-state index in [1.54, 1.807) is 19.4 Å². The highest BCUT2D eigenvalue weighted by Gasteiger charge is 2.07. The number of hydrogen-bond donors (Lipinski definition) is 1. The summed E-state index contributed by atoms with van der Waals surface area (Å²) in [4.78, 5) is 11.9. The quantitative estimate of drug-likeness (QED) is 0.504. The smallest absolute Gasteiger partial charge is 0.272 e. The molecule has 0 aromatic heterocycles. The highest BCUT2D eigenvalue weighted by molar-refractivity contribution is 14.1. The number of ether oxygens (including phenoxy) is 1. The van der Waals surface area contributed by atoms with Crippen LogP contribution in [0.3, 0.4) is 0 Å². The van der Waals surface area contributed by atoms with E-state index in [9.17, 15) is 4.79 Å². The standard InChI is InChI=1S/C15H13IN2O2/c1-20-12-6-4-5-11(9-12)10-17-18-15(19)13-7-2-3-8-14(13)16/h2-10H,1H3,(H,18,19)/b17-10-. The average Bonchev–Trinajstić information content (AvgIpc) is 2.48. The van der Waals surface area contributed by atoms with Gasteiger partial charge in [0, 0.05) is 3.57 Å². The van der Waals surface area contributed by atoms with Crippen molar-refractivity contribution in [2.75, 3.05) is 7.11 Å². The minimum Gasteiger partial charge on any atom is -0.497 e. The number of rotatable bonds is 4. The van der Waals surface area contributed by atoms with Crippen molar-refractivity contribution in [3.05, 3.63) is 63.2 Å². The van der Waals surface area contributed by atoms with Crippen LogP contribution in [0.5, 0.6) is 5.75 Å². The number of nitrogens with zero attached hydrogens (tertiary/aromatic N) is 1. The minimum absolute atomic E-state index is 0.228. The number of benzene rings is 2. The van der Waals surface area contributed by atoms with Crippen LogP contribution in [0.15, 0.2) is 53.6 Å². The Labute approximate surface area is 131 Å². The number of carbonyl (C=O) groups is 1. The summed E-state index contributed by atoms with van der Waals surface area (Å²) >= 11 is 2.12. The molecule has 1 amide bonds. The lowest BCUT2D eigenvalue weighted by atomic mass is 10.2. The van der Waals surface area contributed by atoms with E-state index in [2.05, 4.69) is 33.1 Å². The van der Waals surface area contributed by atoms with Crippen LogP contribution < -0.4 is 10.2 Å². The molecule has 0 spiro atoms. The van der Waals surface area contributed by atoms with Gasteiger partial charge in [-0.1, -0.05) is 24.3 Å². The number of carbonyl (C=O) groups excluding carboxylic acids is 1. The molecule has 0 aliphatic carbocycles. The van der Waals surface area contributed by atoms with E-state index < -0.39 is 0 Å². The fourth-order valence-corrected chi connectivity index (χ4v) is 2.23. The van der Waals surface area contributed by atoms with E-state index in [1.807, 2.05) is 42.5 Å². The molecule has 2 rings (SSSR count). The first-order chi connectivity index (χ1) is 9.70. The first-order valence-electron chi connectivity index (χ1n) is 5.92. The SMILES string of the molecule is COc1cccc(/C=N\NC(=O)c2ccccc2I)c1. The third kappa shape index (κ3) is 3.80. The van der Waals surface area contributed by atoms with E-state index >= 15 is 0 Å². The van der Waals surface area contributed by atoms with Gasteiger partial charge in [-0.15, -0.1) is 0 Å². The number of nitrogens with one attached hydrogen (secondary N) is 1. The molecule has 0 bridgehead atoms. The maximum atomic E-state index is 11.9. The predicted octanol–water partition coefficient (Wildman–Crippen LogP) is 3.06. The Hall–Kier alpha value is -1.89. The maximum Gasteiger partial charge on any atom is 0.272 e. The summed E-state index contributed by atoms with van der Waals surface area (Å²) < 4.78 is 6.01. The van der Waals surface area contributed by atoms with E-state index in [-0.39, 0.29) is 5.91 Å². The predicted molar refractivity (Wildman–Crippen MR) is 87.2 cm³/mol. The Bertz CT molecular complexity index is 641. The summed E-state index contributed by atoms with van der Waals surface area (Å²) in [5.41, 5.74) is 3.97. The van der Waals surface area contributed by atoms with Gasteiger partial charge in [0.05, 0.1) is 18.9 Å². The summed E-state index contributed by atoms with van der Waals surface area (Å²) in [6.07, 6.45) is 1.58. The molecule has 0 saturated heterocycles. The number of amides is 1. The van der Waals surface area contributed by atoms with Crippen LogP contribution in [0, 0.1) is 3.57 Å². The Morgan fingerprint density at radius 2 is 2.05 bits per heavy atom. The van der Waals surface area contributed by atoms with Gasteiger partial charge in [0.15, 0.2) is 0 Å². The molecule has 0 fully saturated rings. The third-order valence-electron chi connectivity index (χ3n) is 2.59. The summed E-state index contributed by atoms with van der Waals surface area (Å²) in [7, 11) is 1.61. The number of halogens is 1. The molecule has 5 heteroatoms. The second kappa shape index (κ2) is 7.04. The van der Waals surface area contributed by atoms with Crippen LogP contribution in [0.4, 0.5) is 0 Å². The maximum absolute atomic E-state index is 11.9. The van der Waals surface area contributed by atoms with Crippen molar-refractivity contribution in [1.82, 2.24) is 5.43 Å². The van der Waals surface area contributed by atoms with E-state index in [4.69, 9.17) is 4.74 Å². The third-order valence-corrected chi connectivity index (χ3v) is 3.53. The lowest BCUT2D eigenvalue weighted by Gasteiger charge is -2.02. The summed E-state index contributed by atoms with van der Waals surface area (Å²) in [5.74, 6) is 0.520. The lowest BCUT2D eigenvalue weighted by molar-refractivity contribution is 0.0954. The van der Waals surface area contributed by atoms with E-state index in [1.165, 1.54) is 0 Å². The second-order valence-electron chi connectivity index (χ2n) is 3.96. The van der Waals surface area contributed by atoms with E-state index in [0.29, 0.717) is 5.56 Å². The molecule has 2 aromatic carbocycles. The fourth-order valence-electron chi connectivity index (χ4n) is 1.59. The van der Waals surface area contributed by atoms with Crippen LogP contribution in [-0.4, -0.2) is 19.2 Å². The van der Waals surface area contributed by atoms with Gasteiger partial charge in [0.2, 0.25) is 0 Å². The second-order valence-corrected chi connectivity index (χ2v) is 5.12. The molecule has 1 N–H and O–H groups in total. The van der Waals surface area contributed by atoms with Gasteiger partial charge in [-0.25, -0.2) is 5.43 Å². The molecule has 4 nitrogen and oxygen atoms in total. The van der Waals surface area contributed by atoms with Crippen molar-refractivity contribution >= 4 is 34.7 Å². The highest BCUT2D eigenvalue weighted by atomic mass is 127. The molecule has 0 aliphatic heterocycles. The molecular weight excluding hydrogens is 367 g/mol. The number of hydrogen-bond acceptors (Lipinski definition) is 3. The van der Waals surface area contributed by atoms with E-state index in [0.717, 1.165) is 14.9 Å². The molecule has 0 aliphatic rings. The van der Waals surface area contributed by atoms with Gasteiger partial charge < -0.3 is 4.74 Å². The average molecular weight is 380 g/mol. The van der Waals surface area contributed by atoms with Crippen molar-refractivity contribution in [3.8, 4) is 5.75 Å². The Morgan fingerprint density at radius 3 is 2.80 bits per heavy atom. The summed E-state index contributed by atoms with van der Waals surface area (Å²) in [5, 5.41) is 3.95. The Kier molecular flexibility index (Phi) is 5.11. The van der Waals surface area contributed by atoms with Crippen LogP contribution >= 0.6 is 22.6 Å². The summed E-state index contributed by atoms with van der Waals surface area (Å²) in [6.45, 7) is 0. The zero-order valence-electron chi connectivity index (χ0n) is 10.8. The van der Waals surface area contributed by atoms with Gasteiger partial charge >= 0.3 is 0 Å². The van der Waals surface area contributed by atoms with Crippen molar-refractivity contribution in [2.45, 2.75) is 0 Å². The lowest BCUT2D eigenvalue weighted by Crippen LogP contribution is -2.18. The molecule has 0 heterocycles. The van der Waals surface area contributed by atoms with Crippen LogP contribution in [-0.2, 0) is 0 Å². The monoisotopic (exact) mass is 380 g/mol. The molecule has 102 valence electrons. The molecule has 0 unspecified atom stereocenters. The summed E-state index contributed by atoms with van der Waals surface area (Å²) in [6, 6.07) is 14.8. The minimum atomic E-state index is -0.228. The van der Waals surface area contributed by atoms with Crippen molar-refractivity contribution in [2.24, 2.45) is 5.10 Å². The van der Waals surface area contributed by atoms with Gasteiger partial charge in [-0.05, 0) is 52.4 Å². The van der Waals surface area contributed by atoms with Gasteiger partial charge in [-0.2, -0.15) is 5.10 Å². The van der Waals surface area contributed by atoms with Crippen molar-refractivity contribution in [3.63, 3.8) is 0 Å². The topological polar surface area (TPSA) is 50.7 Å². The molecule has 20 heavy (non-hydrogen) atoms. The fraction of sp³-hybridized carbons (Fsp3) is 0.0667. The normalized spacial score (nSPS) is 10.5. The van der Waals surface area contributed by atoms with Gasteiger partial charge in [0.25, 0.3) is 5.91 Å². The molecule has 0 saturated carbocycles. The van der Waals surface area contributed by atoms with Crippen molar-refractivity contribution < 1.29 is 9.53 Å². The zero-order valence-corrected chi connectivity index (χ0v) is 13.0. The van der Waals surface area contributed by atoms with Crippen LogP contribution in [0.1, 0.15) is 15.9 Å². The first-order valence-corrected chi connectivity index (χ1v) is 7.00. The van der Waals surface area contributed by atoms with Crippen LogP contribution in [0.25, 0.3) is 0 Å². The zero-order chi connectivity index (χ0) is 14.4. The van der Waals surface area contributed by atoms with Crippen molar-refractivity contribution in [1.29, 1.82) is 0 Å². The molecule has 0 atom stereocenters. The largest absolute Gasteiger partial charge is 0.497 e. The van der Waals surface area contributed by atoms with Crippen LogP contribution in [0.2, 0.25) is 0 Å². The number of hydrazone groups is 1. The molecule has 0 radical (unpaired) electrons. The van der Waals surface area contributed by atoms with Gasteiger partial charge in [-0.3, -0.25) is 4.79 Å². The highest BCUT2D eigenvalue weighted by Crippen LogP contribution is 2.12. The Balaban J connectivity index is 2.03. The molecular formula is C15H13IN2O2. The number of methoxy groups -OCH3 is 1. The first kappa shape index (κ1) is 14.5. The molecule has 2 aromatic rings. The Morgan fingerprint density at radius 1 is 1.25 bits per heavy atom. The van der Waals surface area contributed by atoms with Gasteiger partial charge in [0.1, 0.15) is 5.75 Å².